The number of carbonyl (C=O) groups excluding carboxylic acids is 1. The van der Waals surface area contributed by atoms with Gasteiger partial charge in [-0.05, 0) is 18.2 Å². The van der Waals surface area contributed by atoms with Crippen LogP contribution >= 0.6 is 0 Å². The van der Waals surface area contributed by atoms with Gasteiger partial charge >= 0.3 is 0 Å². The largest absolute Gasteiger partial charge is 0.486 e. The fourth-order valence-electron chi connectivity index (χ4n) is 3.03. The van der Waals surface area contributed by atoms with Gasteiger partial charge in [-0.3, -0.25) is 4.79 Å². The molecule has 0 aliphatic carbocycles. The van der Waals surface area contributed by atoms with Crippen molar-refractivity contribution in [2.24, 2.45) is 5.73 Å². The summed E-state index contributed by atoms with van der Waals surface area (Å²) in [5, 5.41) is 0. The van der Waals surface area contributed by atoms with E-state index >= 15 is 0 Å². The molecule has 2 aliphatic heterocycles. The average Bonchev–Trinajstić information content (AvgIpc) is 2.85. The number of nitrogens with two attached hydrogens (primary N) is 1. The van der Waals surface area contributed by atoms with E-state index in [2.05, 4.69) is 6.07 Å². The minimum atomic E-state index is -0.237. The first kappa shape index (κ1) is 12.3. The van der Waals surface area contributed by atoms with E-state index in [1.165, 1.54) is 10.5 Å². The predicted molar refractivity (Wildman–Crippen MR) is 69.3 cm³/mol. The molecule has 2 heterocycles. The van der Waals surface area contributed by atoms with Crippen molar-refractivity contribution in [3.63, 3.8) is 0 Å². The second-order valence-electron chi connectivity index (χ2n) is 5.15. The van der Waals surface area contributed by atoms with Gasteiger partial charge in [-0.2, -0.15) is 0 Å². The van der Waals surface area contributed by atoms with E-state index in [4.69, 9.17) is 15.2 Å². The lowest BCUT2D eigenvalue weighted by Gasteiger charge is -2.23. The molecule has 3 rings (SSSR count). The molecule has 5 nitrogen and oxygen atoms in total. The molecule has 1 amide bonds. The molecular formula is C14H19N2O3+. The van der Waals surface area contributed by atoms with Crippen LogP contribution in [-0.2, 0) is 4.79 Å². The summed E-state index contributed by atoms with van der Waals surface area (Å²) in [5.74, 6) is 1.39. The third-order valence-corrected chi connectivity index (χ3v) is 3.85. The van der Waals surface area contributed by atoms with E-state index in [0.29, 0.717) is 25.8 Å². The second kappa shape index (κ2) is 5.09. The summed E-state index contributed by atoms with van der Waals surface area (Å²) in [6, 6.07) is 6.42. The molecule has 1 fully saturated rings. The molecule has 0 saturated carbocycles. The Hall–Kier alpha value is -1.75. The van der Waals surface area contributed by atoms with Crippen molar-refractivity contribution in [1.29, 1.82) is 0 Å². The van der Waals surface area contributed by atoms with Crippen molar-refractivity contribution >= 4 is 5.91 Å². The number of fused-ring (bicyclic) bond motifs is 1. The van der Waals surface area contributed by atoms with Crippen LogP contribution in [0.3, 0.4) is 0 Å². The van der Waals surface area contributed by atoms with Crippen LogP contribution in [-0.4, -0.2) is 32.2 Å². The molecule has 2 aliphatic rings. The number of benzene rings is 1. The highest BCUT2D eigenvalue weighted by atomic mass is 16.6. The molecule has 0 bridgehead atoms. The van der Waals surface area contributed by atoms with E-state index in [9.17, 15) is 4.79 Å². The van der Waals surface area contributed by atoms with Gasteiger partial charge in [0, 0.05) is 18.4 Å². The Morgan fingerprint density at radius 3 is 2.89 bits per heavy atom. The Balaban J connectivity index is 1.82. The number of likely N-dealkylation sites (tertiary alicyclic amines) is 1. The quantitative estimate of drug-likeness (QED) is 0.784. The molecule has 1 saturated heterocycles. The average molecular weight is 263 g/mol. The van der Waals surface area contributed by atoms with E-state index in [-0.39, 0.29) is 5.91 Å². The van der Waals surface area contributed by atoms with Crippen molar-refractivity contribution in [3.05, 3.63) is 23.8 Å². The molecule has 1 unspecified atom stereocenters. The van der Waals surface area contributed by atoms with Gasteiger partial charge in [0.25, 0.3) is 5.91 Å². The lowest BCUT2D eigenvalue weighted by Crippen LogP contribution is -3.11. The van der Waals surface area contributed by atoms with Crippen LogP contribution in [0.2, 0.25) is 0 Å². The molecule has 102 valence electrons. The van der Waals surface area contributed by atoms with Crippen LogP contribution in [0.5, 0.6) is 11.5 Å². The van der Waals surface area contributed by atoms with Gasteiger partial charge in [0.15, 0.2) is 18.0 Å². The number of hydrogen-bond donors (Lipinski definition) is 2. The summed E-state index contributed by atoms with van der Waals surface area (Å²) in [6.07, 6.45) is 2.21. The van der Waals surface area contributed by atoms with Gasteiger partial charge in [-0.1, -0.05) is 0 Å². The first-order valence-corrected chi connectivity index (χ1v) is 6.76. The Labute approximate surface area is 112 Å². The summed E-state index contributed by atoms with van der Waals surface area (Å²) >= 11 is 0. The Morgan fingerprint density at radius 2 is 2.11 bits per heavy atom. The van der Waals surface area contributed by atoms with Crippen molar-refractivity contribution in [3.8, 4) is 11.5 Å². The molecule has 0 aromatic heterocycles. The number of ether oxygens (including phenoxy) is 2. The molecule has 0 radical (unpaired) electrons. The maximum absolute atomic E-state index is 11.1. The summed E-state index contributed by atoms with van der Waals surface area (Å²) in [7, 11) is 0. The highest BCUT2D eigenvalue weighted by Gasteiger charge is 2.31. The first-order chi connectivity index (χ1) is 9.24. The van der Waals surface area contributed by atoms with Crippen LogP contribution < -0.4 is 20.1 Å². The third-order valence-electron chi connectivity index (χ3n) is 3.85. The molecule has 3 N–H and O–H groups in total. The summed E-state index contributed by atoms with van der Waals surface area (Å²) in [6.45, 7) is 2.61. The second-order valence-corrected chi connectivity index (χ2v) is 5.15. The highest BCUT2D eigenvalue weighted by Crippen LogP contribution is 2.33. The minimum absolute atomic E-state index is 0.237. The van der Waals surface area contributed by atoms with Crippen molar-refractivity contribution in [1.82, 2.24) is 0 Å². The number of nitrogens with one attached hydrogen (secondary N) is 1. The van der Waals surface area contributed by atoms with Gasteiger partial charge in [0.2, 0.25) is 0 Å². The number of hydrogen-bond acceptors (Lipinski definition) is 3. The van der Waals surface area contributed by atoms with Gasteiger partial charge in [-0.15, -0.1) is 0 Å². The summed E-state index contributed by atoms with van der Waals surface area (Å²) in [5.41, 5.74) is 6.53. The molecule has 1 aromatic rings. The van der Waals surface area contributed by atoms with Crippen LogP contribution in [0.4, 0.5) is 0 Å². The Morgan fingerprint density at radius 1 is 1.32 bits per heavy atom. The topological polar surface area (TPSA) is 66.0 Å². The lowest BCUT2D eigenvalue weighted by molar-refractivity contribution is -0.910. The van der Waals surface area contributed by atoms with E-state index in [1.807, 2.05) is 12.1 Å². The summed E-state index contributed by atoms with van der Waals surface area (Å²) < 4.78 is 11.1. The molecule has 1 aromatic carbocycles. The smallest absolute Gasteiger partial charge is 0.272 e. The highest BCUT2D eigenvalue weighted by molar-refractivity contribution is 5.74. The van der Waals surface area contributed by atoms with Crippen molar-refractivity contribution in [2.45, 2.75) is 18.9 Å². The zero-order valence-corrected chi connectivity index (χ0v) is 10.9. The number of primary amides is 1. The molecule has 0 spiro atoms. The van der Waals surface area contributed by atoms with Gasteiger partial charge < -0.3 is 20.1 Å². The first-order valence-electron chi connectivity index (χ1n) is 6.76. The molecule has 19 heavy (non-hydrogen) atoms. The normalized spacial score (nSPS) is 25.3. The summed E-state index contributed by atoms with van der Waals surface area (Å²) in [4.78, 5) is 12.4. The van der Waals surface area contributed by atoms with Crippen LogP contribution in [0, 0.1) is 0 Å². The Bertz CT molecular complexity index is 490. The standard InChI is InChI=1S/C14H18N2O3/c15-14(17)9-16-5-1-2-11(16)10-3-4-12-13(8-10)19-7-6-18-12/h3-4,8,11H,1-2,5-7,9H2,(H2,15,17)/p+1/t11-/m1/s1. The monoisotopic (exact) mass is 263 g/mol. The fourth-order valence-corrected chi connectivity index (χ4v) is 3.03. The number of amides is 1. The van der Waals surface area contributed by atoms with Crippen molar-refractivity contribution < 1.29 is 19.2 Å². The van der Waals surface area contributed by atoms with Crippen molar-refractivity contribution in [2.75, 3.05) is 26.3 Å². The molecule has 2 atom stereocenters. The third kappa shape index (κ3) is 2.51. The SMILES string of the molecule is NC(=O)C[NH+]1CCC[C@@H]1c1ccc2c(c1)OCCO2. The van der Waals surface area contributed by atoms with Crippen LogP contribution in [0.25, 0.3) is 0 Å². The van der Waals surface area contributed by atoms with Gasteiger partial charge in [0.05, 0.1) is 6.54 Å². The van der Waals surface area contributed by atoms with Crippen LogP contribution in [0.15, 0.2) is 18.2 Å². The van der Waals surface area contributed by atoms with E-state index in [0.717, 1.165) is 30.9 Å². The van der Waals surface area contributed by atoms with Crippen LogP contribution in [0.1, 0.15) is 24.4 Å². The molecular weight excluding hydrogens is 244 g/mol. The zero-order valence-electron chi connectivity index (χ0n) is 10.9. The maximum atomic E-state index is 11.1. The minimum Gasteiger partial charge on any atom is -0.486 e. The molecule has 5 heteroatoms. The predicted octanol–water partition coefficient (Wildman–Crippen LogP) is -0.337. The number of rotatable bonds is 3. The zero-order chi connectivity index (χ0) is 13.2. The Kier molecular flexibility index (Phi) is 3.29. The van der Waals surface area contributed by atoms with E-state index < -0.39 is 0 Å². The van der Waals surface area contributed by atoms with E-state index in [1.54, 1.807) is 0 Å². The lowest BCUT2D eigenvalue weighted by atomic mass is 10.0. The number of carbonyl (C=O) groups is 1. The fraction of sp³-hybridized carbons (Fsp3) is 0.500. The van der Waals surface area contributed by atoms with Gasteiger partial charge in [0.1, 0.15) is 19.3 Å². The maximum Gasteiger partial charge on any atom is 0.272 e. The number of quaternary nitrogens is 1. The van der Waals surface area contributed by atoms with Gasteiger partial charge in [-0.25, -0.2) is 0 Å².